The lowest BCUT2D eigenvalue weighted by Crippen LogP contribution is -2.16. The predicted molar refractivity (Wildman–Crippen MR) is 103 cm³/mol. The van der Waals surface area contributed by atoms with Gasteiger partial charge in [-0.1, -0.05) is 59.8 Å². The fourth-order valence-corrected chi connectivity index (χ4v) is 4.75. The van der Waals surface area contributed by atoms with Crippen molar-refractivity contribution >= 4 is 34.9 Å². The summed E-state index contributed by atoms with van der Waals surface area (Å²) in [6, 6.07) is 24.1. The maximum absolute atomic E-state index is 2.44. The van der Waals surface area contributed by atoms with E-state index in [0.29, 0.717) is 0 Å². The Kier molecular flexibility index (Phi) is 3.07. The lowest BCUT2D eigenvalue weighted by Gasteiger charge is -2.34. The molecule has 24 heavy (non-hydrogen) atoms. The molecule has 0 aromatic heterocycles. The van der Waals surface area contributed by atoms with E-state index in [1.165, 1.54) is 43.6 Å². The van der Waals surface area contributed by atoms with Gasteiger partial charge in [-0.15, -0.1) is 0 Å². The van der Waals surface area contributed by atoms with Gasteiger partial charge in [0.2, 0.25) is 0 Å². The van der Waals surface area contributed by atoms with Gasteiger partial charge in [0.1, 0.15) is 0 Å². The summed E-state index contributed by atoms with van der Waals surface area (Å²) in [4.78, 5) is 5.07. The van der Waals surface area contributed by atoms with Crippen molar-refractivity contribution in [1.29, 1.82) is 0 Å². The SMILES string of the molecule is CC1=Cc2cccc(N3c4ccccc4Sc4ccccc43)c2C1. The van der Waals surface area contributed by atoms with Crippen LogP contribution in [-0.2, 0) is 6.42 Å². The highest BCUT2D eigenvalue weighted by atomic mass is 32.2. The number of nitrogens with zero attached hydrogens (tertiary/aromatic N) is 1. The average Bonchev–Trinajstić information content (AvgIpc) is 3.00. The van der Waals surface area contributed by atoms with Crippen LogP contribution in [0.4, 0.5) is 17.1 Å². The summed E-state index contributed by atoms with van der Waals surface area (Å²) in [7, 11) is 0. The Hall–Kier alpha value is -2.45. The van der Waals surface area contributed by atoms with E-state index in [0.717, 1.165) is 6.42 Å². The van der Waals surface area contributed by atoms with Gasteiger partial charge in [0, 0.05) is 9.79 Å². The van der Waals surface area contributed by atoms with E-state index < -0.39 is 0 Å². The molecule has 1 aliphatic heterocycles. The maximum atomic E-state index is 2.44. The van der Waals surface area contributed by atoms with E-state index >= 15 is 0 Å². The minimum absolute atomic E-state index is 1.04. The fraction of sp³-hybridized carbons (Fsp3) is 0.0909. The van der Waals surface area contributed by atoms with Crippen LogP contribution in [0.1, 0.15) is 18.1 Å². The molecule has 2 heteroatoms. The highest BCUT2D eigenvalue weighted by Crippen LogP contribution is 2.52. The number of allylic oxidation sites excluding steroid dienone is 1. The van der Waals surface area contributed by atoms with Crippen molar-refractivity contribution in [1.82, 2.24) is 0 Å². The van der Waals surface area contributed by atoms with Crippen molar-refractivity contribution < 1.29 is 0 Å². The molecule has 0 unspecified atom stereocenters. The zero-order valence-corrected chi connectivity index (χ0v) is 14.3. The summed E-state index contributed by atoms with van der Waals surface area (Å²) >= 11 is 1.86. The summed E-state index contributed by atoms with van der Waals surface area (Å²) in [5.41, 5.74) is 8.09. The molecule has 0 saturated heterocycles. The number of rotatable bonds is 1. The first-order valence-corrected chi connectivity index (χ1v) is 9.08. The molecule has 1 heterocycles. The quantitative estimate of drug-likeness (QED) is 0.388. The molecule has 0 radical (unpaired) electrons. The average molecular weight is 327 g/mol. The van der Waals surface area contributed by atoms with Crippen molar-refractivity contribution in [3.63, 3.8) is 0 Å². The number of para-hydroxylation sites is 2. The molecule has 0 fully saturated rings. The Morgan fingerprint density at radius 3 is 2.08 bits per heavy atom. The van der Waals surface area contributed by atoms with Gasteiger partial charge in [-0.2, -0.15) is 0 Å². The molecule has 116 valence electrons. The Balaban J connectivity index is 1.77. The zero-order valence-electron chi connectivity index (χ0n) is 13.5. The highest BCUT2D eigenvalue weighted by Gasteiger charge is 2.27. The molecule has 0 spiro atoms. The molecule has 0 amide bonds. The van der Waals surface area contributed by atoms with E-state index in [-0.39, 0.29) is 0 Å². The standard InChI is InChI=1S/C22H17NS/c1-15-13-16-7-6-10-18(17(16)14-15)23-19-8-2-4-11-21(19)24-22-12-5-3-9-20(22)23/h2-13H,14H2,1H3. The second kappa shape index (κ2) is 5.29. The number of fused-ring (bicyclic) bond motifs is 3. The minimum atomic E-state index is 1.04. The minimum Gasteiger partial charge on any atom is -0.308 e. The Morgan fingerprint density at radius 1 is 0.750 bits per heavy atom. The van der Waals surface area contributed by atoms with Gasteiger partial charge in [0.15, 0.2) is 0 Å². The topological polar surface area (TPSA) is 3.24 Å². The normalized spacial score (nSPS) is 14.7. The van der Waals surface area contributed by atoms with Crippen molar-refractivity contribution in [2.45, 2.75) is 23.1 Å². The number of hydrogen-bond acceptors (Lipinski definition) is 2. The first-order chi connectivity index (χ1) is 11.8. The zero-order chi connectivity index (χ0) is 16.1. The van der Waals surface area contributed by atoms with Crippen LogP contribution >= 0.6 is 11.8 Å². The van der Waals surface area contributed by atoms with E-state index in [4.69, 9.17) is 0 Å². The van der Waals surface area contributed by atoms with Gasteiger partial charge < -0.3 is 4.90 Å². The summed E-state index contributed by atoms with van der Waals surface area (Å²) in [6.07, 6.45) is 3.36. The summed E-state index contributed by atoms with van der Waals surface area (Å²) in [5, 5.41) is 0. The van der Waals surface area contributed by atoms with Crippen molar-refractivity contribution in [2.24, 2.45) is 0 Å². The fourth-order valence-electron chi connectivity index (χ4n) is 3.69. The van der Waals surface area contributed by atoms with Crippen LogP contribution in [0.25, 0.3) is 6.08 Å². The van der Waals surface area contributed by atoms with Crippen molar-refractivity contribution in [3.8, 4) is 0 Å². The molecular formula is C22H17NS. The molecule has 1 nitrogen and oxygen atoms in total. The molecule has 0 atom stereocenters. The third-order valence-electron chi connectivity index (χ3n) is 4.72. The van der Waals surface area contributed by atoms with Gasteiger partial charge in [-0.25, -0.2) is 0 Å². The van der Waals surface area contributed by atoms with Crippen LogP contribution in [0.3, 0.4) is 0 Å². The van der Waals surface area contributed by atoms with Crippen molar-refractivity contribution in [3.05, 3.63) is 83.4 Å². The lowest BCUT2D eigenvalue weighted by atomic mass is 10.0. The van der Waals surface area contributed by atoms with E-state index in [2.05, 4.69) is 84.6 Å². The third kappa shape index (κ3) is 2.03. The summed E-state index contributed by atoms with van der Waals surface area (Å²) in [6.45, 7) is 2.22. The number of benzene rings is 3. The molecule has 5 rings (SSSR count). The van der Waals surface area contributed by atoms with Crippen LogP contribution in [0, 0.1) is 0 Å². The Labute approximate surface area is 146 Å². The lowest BCUT2D eigenvalue weighted by molar-refractivity contribution is 1.12. The maximum Gasteiger partial charge on any atom is 0.0601 e. The molecule has 2 aliphatic rings. The Bertz CT molecular complexity index is 941. The van der Waals surface area contributed by atoms with Crippen molar-refractivity contribution in [2.75, 3.05) is 4.90 Å². The van der Waals surface area contributed by atoms with E-state index in [9.17, 15) is 0 Å². The molecule has 3 aromatic rings. The van der Waals surface area contributed by atoms with Crippen LogP contribution in [-0.4, -0.2) is 0 Å². The second-order valence-corrected chi connectivity index (χ2v) is 7.47. The number of hydrogen-bond donors (Lipinski definition) is 0. The molecule has 3 aromatic carbocycles. The monoisotopic (exact) mass is 327 g/mol. The molecule has 1 aliphatic carbocycles. The molecule has 0 N–H and O–H groups in total. The smallest absolute Gasteiger partial charge is 0.0601 e. The van der Waals surface area contributed by atoms with Crippen LogP contribution in [0.15, 0.2) is 82.1 Å². The van der Waals surface area contributed by atoms with Gasteiger partial charge in [0.25, 0.3) is 0 Å². The van der Waals surface area contributed by atoms with Gasteiger partial charge in [-0.3, -0.25) is 0 Å². The van der Waals surface area contributed by atoms with Crippen LogP contribution in [0.2, 0.25) is 0 Å². The second-order valence-electron chi connectivity index (χ2n) is 6.39. The third-order valence-corrected chi connectivity index (χ3v) is 5.85. The Morgan fingerprint density at radius 2 is 1.38 bits per heavy atom. The first kappa shape index (κ1) is 13.9. The molecule has 0 saturated carbocycles. The summed E-state index contributed by atoms with van der Waals surface area (Å²) < 4.78 is 0. The van der Waals surface area contributed by atoms with E-state index in [1.807, 2.05) is 11.8 Å². The highest BCUT2D eigenvalue weighted by molar-refractivity contribution is 7.99. The van der Waals surface area contributed by atoms with Crippen LogP contribution in [0.5, 0.6) is 0 Å². The van der Waals surface area contributed by atoms with Gasteiger partial charge in [0.05, 0.1) is 17.1 Å². The van der Waals surface area contributed by atoms with E-state index in [1.54, 1.807) is 0 Å². The predicted octanol–water partition coefficient (Wildman–Crippen LogP) is 6.58. The molecular weight excluding hydrogens is 310 g/mol. The first-order valence-electron chi connectivity index (χ1n) is 8.26. The van der Waals surface area contributed by atoms with Crippen LogP contribution < -0.4 is 4.90 Å². The number of anilines is 3. The molecule has 0 bridgehead atoms. The summed E-state index contributed by atoms with van der Waals surface area (Å²) in [5.74, 6) is 0. The largest absolute Gasteiger partial charge is 0.308 e. The van der Waals surface area contributed by atoms with Gasteiger partial charge in [-0.05, 0) is 54.8 Å². The van der Waals surface area contributed by atoms with Gasteiger partial charge >= 0.3 is 0 Å².